The molecule has 1 amide bonds. The Balaban J connectivity index is 1.28. The third-order valence-corrected chi connectivity index (χ3v) is 6.18. The number of halogens is 1. The third-order valence-electron chi connectivity index (χ3n) is 6.18. The Labute approximate surface area is 194 Å². The van der Waals surface area contributed by atoms with Crippen LogP contribution >= 0.6 is 0 Å². The van der Waals surface area contributed by atoms with Gasteiger partial charge >= 0.3 is 0 Å². The standard InChI is InChI=1S/C26H31FN4O2/c1-18-6-5-13-31(16-18)17-22-8-4-3-7-21(22)15-28-24(32)11-12-25-29-26(30-33-25)20-9-10-23(27)19(2)14-20/h3-4,7-10,14,18H,5-6,11-13,15-17H2,1-2H3,(H,28,32). The van der Waals surface area contributed by atoms with Gasteiger partial charge in [0.2, 0.25) is 17.6 Å². The number of aromatic nitrogens is 2. The highest BCUT2D eigenvalue weighted by Crippen LogP contribution is 2.21. The summed E-state index contributed by atoms with van der Waals surface area (Å²) in [4.78, 5) is 19.3. The summed E-state index contributed by atoms with van der Waals surface area (Å²) in [6.45, 7) is 7.69. The molecular weight excluding hydrogens is 419 g/mol. The predicted octanol–water partition coefficient (Wildman–Crippen LogP) is 4.67. The molecule has 0 spiro atoms. The van der Waals surface area contributed by atoms with E-state index in [1.54, 1.807) is 19.1 Å². The second-order valence-electron chi connectivity index (χ2n) is 9.00. The van der Waals surface area contributed by atoms with Gasteiger partial charge in [0.15, 0.2) is 0 Å². The highest BCUT2D eigenvalue weighted by atomic mass is 19.1. The van der Waals surface area contributed by atoms with E-state index in [-0.39, 0.29) is 18.1 Å². The number of nitrogens with zero attached hydrogens (tertiary/aromatic N) is 3. The van der Waals surface area contributed by atoms with Crippen molar-refractivity contribution in [2.45, 2.75) is 52.6 Å². The molecule has 33 heavy (non-hydrogen) atoms. The zero-order valence-electron chi connectivity index (χ0n) is 19.3. The van der Waals surface area contributed by atoms with Crippen LogP contribution < -0.4 is 5.32 Å². The molecule has 1 saturated heterocycles. The number of likely N-dealkylation sites (tertiary alicyclic amines) is 1. The summed E-state index contributed by atoms with van der Waals surface area (Å²) in [7, 11) is 0. The van der Waals surface area contributed by atoms with Gasteiger partial charge in [0, 0.05) is 38.0 Å². The average molecular weight is 451 g/mol. The van der Waals surface area contributed by atoms with Crippen molar-refractivity contribution in [1.29, 1.82) is 0 Å². The summed E-state index contributed by atoms with van der Waals surface area (Å²) in [6, 6.07) is 13.0. The Morgan fingerprint density at radius 3 is 2.85 bits per heavy atom. The number of benzene rings is 2. The van der Waals surface area contributed by atoms with E-state index in [1.807, 2.05) is 6.07 Å². The van der Waals surface area contributed by atoms with Gasteiger partial charge < -0.3 is 9.84 Å². The fourth-order valence-electron chi connectivity index (χ4n) is 4.32. The van der Waals surface area contributed by atoms with Crippen LogP contribution in [0.15, 0.2) is 47.0 Å². The molecule has 1 aliphatic heterocycles. The van der Waals surface area contributed by atoms with Crippen LogP contribution in [0, 0.1) is 18.7 Å². The normalized spacial score (nSPS) is 16.6. The van der Waals surface area contributed by atoms with Gasteiger partial charge in [-0.3, -0.25) is 9.69 Å². The molecule has 0 saturated carbocycles. The number of hydrogen-bond acceptors (Lipinski definition) is 5. The molecule has 2 heterocycles. The van der Waals surface area contributed by atoms with Gasteiger partial charge in [-0.1, -0.05) is 36.3 Å². The topological polar surface area (TPSA) is 71.3 Å². The number of carbonyl (C=O) groups is 1. The van der Waals surface area contributed by atoms with Crippen molar-refractivity contribution >= 4 is 5.91 Å². The first kappa shape index (κ1) is 23.1. The molecule has 1 aliphatic rings. The fourth-order valence-corrected chi connectivity index (χ4v) is 4.32. The Morgan fingerprint density at radius 1 is 1.24 bits per heavy atom. The van der Waals surface area contributed by atoms with Gasteiger partial charge in [0.05, 0.1) is 0 Å². The first-order valence-electron chi connectivity index (χ1n) is 11.6. The summed E-state index contributed by atoms with van der Waals surface area (Å²) in [5.41, 5.74) is 3.63. The van der Waals surface area contributed by atoms with Crippen LogP contribution in [-0.2, 0) is 24.3 Å². The molecule has 0 bridgehead atoms. The van der Waals surface area contributed by atoms with E-state index in [4.69, 9.17) is 4.52 Å². The summed E-state index contributed by atoms with van der Waals surface area (Å²) < 4.78 is 18.7. The molecule has 0 aliphatic carbocycles. The number of aryl methyl sites for hydroxylation is 2. The van der Waals surface area contributed by atoms with Crippen molar-refractivity contribution in [2.24, 2.45) is 5.92 Å². The molecule has 7 heteroatoms. The molecule has 1 aromatic heterocycles. The van der Waals surface area contributed by atoms with Crippen LogP contribution in [-0.4, -0.2) is 34.0 Å². The number of nitrogens with one attached hydrogen (secondary N) is 1. The first-order chi connectivity index (χ1) is 16.0. The lowest BCUT2D eigenvalue weighted by Gasteiger charge is -2.31. The molecule has 4 rings (SSSR count). The lowest BCUT2D eigenvalue weighted by molar-refractivity contribution is -0.121. The van der Waals surface area contributed by atoms with E-state index in [1.165, 1.54) is 24.5 Å². The predicted molar refractivity (Wildman–Crippen MR) is 125 cm³/mol. The van der Waals surface area contributed by atoms with E-state index in [2.05, 4.69) is 45.5 Å². The van der Waals surface area contributed by atoms with Crippen LogP contribution in [0.3, 0.4) is 0 Å². The van der Waals surface area contributed by atoms with Gasteiger partial charge in [-0.05, 0) is 67.1 Å². The largest absolute Gasteiger partial charge is 0.352 e. The Bertz CT molecular complexity index is 1100. The van der Waals surface area contributed by atoms with Gasteiger partial charge in [-0.15, -0.1) is 0 Å². The SMILES string of the molecule is Cc1cc(-c2noc(CCC(=O)NCc3ccccc3CN3CCCC(C)C3)n2)ccc1F. The molecular formula is C26H31FN4O2. The maximum absolute atomic E-state index is 13.5. The van der Waals surface area contributed by atoms with Gasteiger partial charge in [-0.25, -0.2) is 4.39 Å². The molecule has 1 atom stereocenters. The average Bonchev–Trinajstić information content (AvgIpc) is 3.28. The number of amides is 1. The van der Waals surface area contributed by atoms with Gasteiger partial charge in [0.25, 0.3) is 0 Å². The zero-order chi connectivity index (χ0) is 23.2. The highest BCUT2D eigenvalue weighted by Gasteiger charge is 2.17. The van der Waals surface area contributed by atoms with Crippen molar-refractivity contribution in [3.8, 4) is 11.4 Å². The van der Waals surface area contributed by atoms with Crippen molar-refractivity contribution in [3.05, 3.63) is 70.9 Å². The number of carbonyl (C=O) groups excluding carboxylic acids is 1. The van der Waals surface area contributed by atoms with E-state index in [0.717, 1.165) is 31.1 Å². The minimum atomic E-state index is -0.272. The zero-order valence-corrected chi connectivity index (χ0v) is 19.3. The Hall–Kier alpha value is -3.06. The van der Waals surface area contributed by atoms with E-state index in [9.17, 15) is 9.18 Å². The maximum Gasteiger partial charge on any atom is 0.227 e. The Kier molecular flexibility index (Phi) is 7.50. The summed E-state index contributed by atoms with van der Waals surface area (Å²) >= 11 is 0. The maximum atomic E-state index is 13.5. The third kappa shape index (κ3) is 6.26. The van der Waals surface area contributed by atoms with Crippen LogP contribution in [0.5, 0.6) is 0 Å². The van der Waals surface area contributed by atoms with Crippen LogP contribution in [0.1, 0.15) is 48.8 Å². The van der Waals surface area contributed by atoms with E-state index >= 15 is 0 Å². The van der Waals surface area contributed by atoms with Crippen molar-refractivity contribution in [1.82, 2.24) is 20.4 Å². The second kappa shape index (κ2) is 10.7. The van der Waals surface area contributed by atoms with Gasteiger partial charge in [-0.2, -0.15) is 4.98 Å². The van der Waals surface area contributed by atoms with Crippen molar-refractivity contribution < 1.29 is 13.7 Å². The summed E-state index contributed by atoms with van der Waals surface area (Å²) in [5, 5.41) is 6.97. The molecule has 6 nitrogen and oxygen atoms in total. The minimum absolute atomic E-state index is 0.0613. The number of hydrogen-bond donors (Lipinski definition) is 1. The minimum Gasteiger partial charge on any atom is -0.352 e. The van der Waals surface area contributed by atoms with Crippen molar-refractivity contribution in [2.75, 3.05) is 13.1 Å². The lowest BCUT2D eigenvalue weighted by Crippen LogP contribution is -2.34. The van der Waals surface area contributed by atoms with E-state index in [0.29, 0.717) is 35.8 Å². The molecule has 174 valence electrons. The fraction of sp³-hybridized carbons (Fsp3) is 0.423. The van der Waals surface area contributed by atoms with Crippen LogP contribution in [0.4, 0.5) is 4.39 Å². The monoisotopic (exact) mass is 450 g/mol. The lowest BCUT2D eigenvalue weighted by atomic mass is 9.99. The molecule has 0 radical (unpaired) electrons. The molecule has 2 aromatic carbocycles. The summed E-state index contributed by atoms with van der Waals surface area (Å²) in [6.07, 6.45) is 3.17. The quantitative estimate of drug-likeness (QED) is 0.540. The Morgan fingerprint density at radius 2 is 2.06 bits per heavy atom. The molecule has 3 aromatic rings. The van der Waals surface area contributed by atoms with Crippen LogP contribution in [0.25, 0.3) is 11.4 Å². The smallest absolute Gasteiger partial charge is 0.227 e. The first-order valence-corrected chi connectivity index (χ1v) is 11.6. The highest BCUT2D eigenvalue weighted by molar-refractivity contribution is 5.76. The molecule has 1 N–H and O–H groups in total. The summed E-state index contributed by atoms with van der Waals surface area (Å²) in [5.74, 6) is 1.19. The molecule has 1 unspecified atom stereocenters. The van der Waals surface area contributed by atoms with E-state index < -0.39 is 0 Å². The number of piperidine rings is 1. The van der Waals surface area contributed by atoms with Crippen molar-refractivity contribution in [3.63, 3.8) is 0 Å². The second-order valence-corrected chi connectivity index (χ2v) is 9.00. The number of rotatable bonds is 8. The van der Waals surface area contributed by atoms with Gasteiger partial charge in [0.1, 0.15) is 5.82 Å². The van der Waals surface area contributed by atoms with Crippen LogP contribution in [0.2, 0.25) is 0 Å². The molecule has 1 fully saturated rings.